The second kappa shape index (κ2) is 7.20. The zero-order valence-electron chi connectivity index (χ0n) is 13.6. The molecule has 3 N–H and O–H groups in total. The molecule has 1 aliphatic rings. The third kappa shape index (κ3) is 3.42. The monoisotopic (exact) mass is 336 g/mol. The van der Waals surface area contributed by atoms with Gasteiger partial charge in [0.15, 0.2) is 17.3 Å². The number of carboxylic acid groups (broad SMARTS) is 1. The molecule has 0 aromatic heterocycles. The summed E-state index contributed by atoms with van der Waals surface area (Å²) in [7, 11) is 2.97. The van der Waals surface area contributed by atoms with Crippen molar-refractivity contribution >= 4 is 17.8 Å². The maximum absolute atomic E-state index is 12.5. The summed E-state index contributed by atoms with van der Waals surface area (Å²) in [5.41, 5.74) is 6.46. The highest BCUT2D eigenvalue weighted by molar-refractivity contribution is 5.91. The Balaban J connectivity index is 2.46. The van der Waals surface area contributed by atoms with Gasteiger partial charge in [-0.05, 0) is 29.7 Å². The molecule has 0 saturated carbocycles. The third-order valence-electron chi connectivity index (χ3n) is 4.04. The normalized spacial score (nSPS) is 16.2. The standard InChI is InChI=1S/C16H20N2O6/c1-23-12-7-9-5-6-18(16(21)22)15(10(9)8-13(12)24-2)11(19)3-4-14(17)20/h7-8,15H,3-6H2,1-2H3,(H2,17,20)(H,21,22). The van der Waals surface area contributed by atoms with E-state index in [9.17, 15) is 19.5 Å². The molecule has 1 unspecified atom stereocenters. The number of hydrogen-bond acceptors (Lipinski definition) is 5. The Kier molecular flexibility index (Phi) is 5.28. The number of fused-ring (bicyclic) bond motifs is 1. The summed E-state index contributed by atoms with van der Waals surface area (Å²) in [5.74, 6) is -0.0440. The molecule has 1 aromatic rings. The molecular formula is C16H20N2O6. The van der Waals surface area contributed by atoms with Crippen molar-refractivity contribution in [3.05, 3.63) is 23.3 Å². The summed E-state index contributed by atoms with van der Waals surface area (Å²) in [5, 5.41) is 9.41. The van der Waals surface area contributed by atoms with E-state index in [-0.39, 0.29) is 25.2 Å². The van der Waals surface area contributed by atoms with Crippen LogP contribution < -0.4 is 15.2 Å². The fraction of sp³-hybridized carbons (Fsp3) is 0.438. The van der Waals surface area contributed by atoms with Gasteiger partial charge in [-0.15, -0.1) is 0 Å². The number of Topliss-reactive ketones (excluding diaryl/α,β-unsaturated/α-hetero) is 1. The van der Waals surface area contributed by atoms with Gasteiger partial charge in [0.2, 0.25) is 5.91 Å². The largest absolute Gasteiger partial charge is 0.493 e. The molecule has 1 heterocycles. The molecule has 8 nitrogen and oxygen atoms in total. The number of carbonyl (C=O) groups is 3. The van der Waals surface area contributed by atoms with E-state index in [2.05, 4.69) is 0 Å². The summed E-state index contributed by atoms with van der Waals surface area (Å²) in [6.07, 6.45) is -0.960. The Bertz CT molecular complexity index is 673. The molecule has 0 saturated heterocycles. The van der Waals surface area contributed by atoms with Crippen molar-refractivity contribution in [1.82, 2.24) is 4.90 Å². The second-order valence-electron chi connectivity index (χ2n) is 5.47. The van der Waals surface area contributed by atoms with Crippen LogP contribution in [-0.4, -0.2) is 48.6 Å². The Morgan fingerprint density at radius 1 is 1.21 bits per heavy atom. The SMILES string of the molecule is COc1cc2c(cc1OC)C(C(=O)CCC(N)=O)N(C(=O)O)CC2. The number of benzene rings is 1. The van der Waals surface area contributed by atoms with E-state index in [4.69, 9.17) is 15.2 Å². The van der Waals surface area contributed by atoms with Gasteiger partial charge in [-0.3, -0.25) is 14.5 Å². The summed E-state index contributed by atoms with van der Waals surface area (Å²) in [6, 6.07) is 2.39. The molecule has 2 amide bonds. The number of carbonyl (C=O) groups excluding carboxylic acids is 2. The quantitative estimate of drug-likeness (QED) is 0.803. The van der Waals surface area contributed by atoms with Crippen LogP contribution in [0.25, 0.3) is 0 Å². The lowest BCUT2D eigenvalue weighted by Gasteiger charge is -2.35. The molecule has 0 aliphatic carbocycles. The Labute approximate surface area is 139 Å². The van der Waals surface area contributed by atoms with Gasteiger partial charge in [-0.2, -0.15) is 0 Å². The first-order valence-corrected chi connectivity index (χ1v) is 7.44. The fourth-order valence-corrected chi connectivity index (χ4v) is 2.88. The average Bonchev–Trinajstić information content (AvgIpc) is 2.56. The Morgan fingerprint density at radius 3 is 2.38 bits per heavy atom. The van der Waals surface area contributed by atoms with Crippen LogP contribution >= 0.6 is 0 Å². The Hall–Kier alpha value is -2.77. The van der Waals surface area contributed by atoms with Gasteiger partial charge >= 0.3 is 6.09 Å². The van der Waals surface area contributed by atoms with Crippen LogP contribution in [0.15, 0.2) is 12.1 Å². The second-order valence-corrected chi connectivity index (χ2v) is 5.47. The fourth-order valence-electron chi connectivity index (χ4n) is 2.88. The molecule has 8 heteroatoms. The van der Waals surface area contributed by atoms with Crippen molar-refractivity contribution in [3.63, 3.8) is 0 Å². The summed E-state index contributed by atoms with van der Waals surface area (Å²) < 4.78 is 10.5. The van der Waals surface area contributed by atoms with E-state index in [1.807, 2.05) is 0 Å². The number of ether oxygens (including phenoxy) is 2. The number of primary amides is 1. The van der Waals surface area contributed by atoms with Crippen molar-refractivity contribution < 1.29 is 29.0 Å². The lowest BCUT2D eigenvalue weighted by molar-refractivity contribution is -0.127. The molecule has 0 radical (unpaired) electrons. The first-order valence-electron chi connectivity index (χ1n) is 7.44. The van der Waals surface area contributed by atoms with Crippen LogP contribution in [-0.2, 0) is 16.0 Å². The van der Waals surface area contributed by atoms with Crippen LogP contribution in [0, 0.1) is 0 Å². The van der Waals surface area contributed by atoms with Crippen molar-refractivity contribution in [2.45, 2.75) is 25.3 Å². The number of nitrogens with zero attached hydrogens (tertiary/aromatic N) is 1. The van der Waals surface area contributed by atoms with Crippen LogP contribution in [0.2, 0.25) is 0 Å². The number of amides is 2. The first kappa shape index (κ1) is 17.6. The molecule has 130 valence electrons. The van der Waals surface area contributed by atoms with Crippen LogP contribution in [0.3, 0.4) is 0 Å². The highest BCUT2D eigenvalue weighted by Gasteiger charge is 2.36. The average molecular weight is 336 g/mol. The van der Waals surface area contributed by atoms with Gasteiger partial charge in [0.1, 0.15) is 6.04 Å². The van der Waals surface area contributed by atoms with Crippen molar-refractivity contribution in [2.24, 2.45) is 5.73 Å². The van der Waals surface area contributed by atoms with Gasteiger partial charge in [-0.25, -0.2) is 4.79 Å². The maximum atomic E-state index is 12.5. The molecule has 0 bridgehead atoms. The van der Waals surface area contributed by atoms with E-state index in [0.29, 0.717) is 23.5 Å². The highest BCUT2D eigenvalue weighted by atomic mass is 16.5. The van der Waals surface area contributed by atoms with E-state index in [0.717, 1.165) is 10.5 Å². The smallest absolute Gasteiger partial charge is 0.408 e. The van der Waals surface area contributed by atoms with E-state index in [1.54, 1.807) is 12.1 Å². The third-order valence-corrected chi connectivity index (χ3v) is 4.04. The lowest BCUT2D eigenvalue weighted by Crippen LogP contribution is -2.43. The minimum absolute atomic E-state index is 0.114. The molecule has 1 aliphatic heterocycles. The summed E-state index contributed by atoms with van der Waals surface area (Å²) in [4.78, 5) is 36.1. The first-order chi connectivity index (χ1) is 11.4. The lowest BCUT2D eigenvalue weighted by atomic mass is 9.88. The summed E-state index contributed by atoms with van der Waals surface area (Å²) in [6.45, 7) is 0.185. The van der Waals surface area contributed by atoms with E-state index < -0.39 is 18.0 Å². The molecule has 1 atom stereocenters. The van der Waals surface area contributed by atoms with Gasteiger partial charge < -0.3 is 20.3 Å². The number of ketones is 1. The van der Waals surface area contributed by atoms with Crippen LogP contribution in [0.1, 0.15) is 30.0 Å². The molecular weight excluding hydrogens is 316 g/mol. The number of hydrogen-bond donors (Lipinski definition) is 2. The van der Waals surface area contributed by atoms with E-state index >= 15 is 0 Å². The molecule has 2 rings (SSSR count). The van der Waals surface area contributed by atoms with Gasteiger partial charge in [0.25, 0.3) is 0 Å². The van der Waals surface area contributed by atoms with E-state index in [1.165, 1.54) is 14.2 Å². The number of methoxy groups -OCH3 is 2. The molecule has 1 aromatic carbocycles. The number of nitrogens with two attached hydrogens (primary N) is 1. The van der Waals surface area contributed by atoms with Crippen LogP contribution in [0.5, 0.6) is 11.5 Å². The zero-order chi connectivity index (χ0) is 17.9. The molecule has 24 heavy (non-hydrogen) atoms. The predicted molar refractivity (Wildman–Crippen MR) is 84.2 cm³/mol. The van der Waals surface area contributed by atoms with Gasteiger partial charge in [-0.1, -0.05) is 0 Å². The minimum atomic E-state index is -1.19. The van der Waals surface area contributed by atoms with Crippen LogP contribution in [0.4, 0.5) is 4.79 Å². The van der Waals surface area contributed by atoms with Crippen molar-refractivity contribution in [2.75, 3.05) is 20.8 Å². The highest BCUT2D eigenvalue weighted by Crippen LogP contribution is 2.39. The zero-order valence-corrected chi connectivity index (χ0v) is 13.6. The topological polar surface area (TPSA) is 119 Å². The molecule has 0 spiro atoms. The van der Waals surface area contributed by atoms with Crippen molar-refractivity contribution in [1.29, 1.82) is 0 Å². The maximum Gasteiger partial charge on any atom is 0.408 e. The predicted octanol–water partition coefficient (Wildman–Crippen LogP) is 1.12. The summed E-state index contributed by atoms with van der Waals surface area (Å²) >= 11 is 0. The number of rotatable bonds is 6. The van der Waals surface area contributed by atoms with Gasteiger partial charge in [0, 0.05) is 19.4 Å². The molecule has 0 fully saturated rings. The van der Waals surface area contributed by atoms with Crippen molar-refractivity contribution in [3.8, 4) is 11.5 Å². The minimum Gasteiger partial charge on any atom is -0.493 e. The Morgan fingerprint density at radius 2 is 1.83 bits per heavy atom. The van der Waals surface area contributed by atoms with Gasteiger partial charge in [0.05, 0.1) is 14.2 Å².